The lowest BCUT2D eigenvalue weighted by atomic mass is 9.73. The van der Waals surface area contributed by atoms with E-state index < -0.39 is 10.9 Å². The van der Waals surface area contributed by atoms with Gasteiger partial charge in [0.2, 0.25) is 5.91 Å². The maximum absolute atomic E-state index is 12.7. The maximum Gasteiger partial charge on any atom is 0.248 e. The molecule has 2 aromatic rings. The molecule has 3 atom stereocenters. The van der Waals surface area contributed by atoms with Crippen LogP contribution >= 0.6 is 23.4 Å². The Kier molecular flexibility index (Phi) is 3.77. The number of anilines is 1. The van der Waals surface area contributed by atoms with Gasteiger partial charge in [0.25, 0.3) is 0 Å². The lowest BCUT2D eigenvalue weighted by molar-refractivity contribution is -0.127. The molecular formula is C19H18ClNO2S. The second-order valence-corrected chi connectivity index (χ2v) is 8.21. The van der Waals surface area contributed by atoms with Gasteiger partial charge in [-0.3, -0.25) is 9.69 Å². The number of β-lactam (4-membered cyclic amide) rings is 1. The number of benzene rings is 2. The van der Waals surface area contributed by atoms with Gasteiger partial charge in [0, 0.05) is 10.1 Å². The van der Waals surface area contributed by atoms with E-state index in [0.717, 1.165) is 28.3 Å². The number of para-hydroxylation sites is 1. The maximum atomic E-state index is 12.7. The molecule has 0 aliphatic carbocycles. The molecule has 0 unspecified atom stereocenters. The third-order valence-corrected chi connectivity index (χ3v) is 6.59. The fourth-order valence-electron chi connectivity index (χ4n) is 3.80. The van der Waals surface area contributed by atoms with Crippen LogP contribution in [-0.4, -0.2) is 23.6 Å². The summed E-state index contributed by atoms with van der Waals surface area (Å²) in [5.41, 5.74) is 1.53. The fourth-order valence-corrected chi connectivity index (χ4v) is 5.42. The van der Waals surface area contributed by atoms with E-state index in [2.05, 4.69) is 13.0 Å². The summed E-state index contributed by atoms with van der Waals surface area (Å²) < 4.78 is 5.27. The van der Waals surface area contributed by atoms with Gasteiger partial charge in [-0.05, 0) is 36.2 Å². The van der Waals surface area contributed by atoms with E-state index in [0.29, 0.717) is 5.25 Å². The zero-order chi connectivity index (χ0) is 16.9. The standard InChI is InChI=1S/C19H18ClNO2S/c1-12-11-19(13-7-9-14(23-2)10-8-13)17(20)18(22)21(19)15-5-3-4-6-16(15)24-12/h3-10,12,17H,11H2,1-2H3/t12-,17-,19+/m1/s1. The van der Waals surface area contributed by atoms with Crippen LogP contribution in [0.3, 0.4) is 0 Å². The Morgan fingerprint density at radius 3 is 2.62 bits per heavy atom. The average molecular weight is 360 g/mol. The molecular weight excluding hydrogens is 342 g/mol. The normalized spacial score (nSPS) is 28.5. The molecule has 1 fully saturated rings. The molecule has 0 bridgehead atoms. The molecule has 0 aromatic heterocycles. The number of nitrogens with zero attached hydrogens (tertiary/aromatic N) is 1. The third kappa shape index (κ3) is 2.09. The van der Waals surface area contributed by atoms with Crippen LogP contribution in [0.5, 0.6) is 5.75 Å². The number of ether oxygens (including phenoxy) is 1. The smallest absolute Gasteiger partial charge is 0.248 e. The van der Waals surface area contributed by atoms with Gasteiger partial charge >= 0.3 is 0 Å². The van der Waals surface area contributed by atoms with E-state index in [9.17, 15) is 4.79 Å². The van der Waals surface area contributed by atoms with Gasteiger partial charge in [-0.2, -0.15) is 0 Å². The molecule has 2 heterocycles. The molecule has 5 heteroatoms. The van der Waals surface area contributed by atoms with Crippen molar-refractivity contribution in [2.45, 2.75) is 34.4 Å². The zero-order valence-electron chi connectivity index (χ0n) is 13.5. The highest BCUT2D eigenvalue weighted by atomic mass is 35.5. The van der Waals surface area contributed by atoms with Crippen molar-refractivity contribution in [2.75, 3.05) is 12.0 Å². The number of rotatable bonds is 2. The van der Waals surface area contributed by atoms with Gasteiger partial charge in [-0.15, -0.1) is 23.4 Å². The number of hydrogen-bond donors (Lipinski definition) is 0. The van der Waals surface area contributed by atoms with E-state index in [1.54, 1.807) is 7.11 Å². The minimum atomic E-state index is -0.542. The number of alkyl halides is 1. The Balaban J connectivity index is 1.89. The summed E-state index contributed by atoms with van der Waals surface area (Å²) in [6.45, 7) is 2.20. The first kappa shape index (κ1) is 15.9. The number of fused-ring (bicyclic) bond motifs is 3. The van der Waals surface area contributed by atoms with Crippen molar-refractivity contribution >= 4 is 35.0 Å². The summed E-state index contributed by atoms with van der Waals surface area (Å²) in [6.07, 6.45) is 0.818. The highest BCUT2D eigenvalue weighted by Gasteiger charge is 2.62. The summed E-state index contributed by atoms with van der Waals surface area (Å²) in [6, 6.07) is 16.0. The predicted octanol–water partition coefficient (Wildman–Crippen LogP) is 4.43. The Labute approximate surface area is 150 Å². The van der Waals surface area contributed by atoms with Gasteiger partial charge < -0.3 is 4.74 Å². The summed E-state index contributed by atoms with van der Waals surface area (Å²) >= 11 is 8.42. The van der Waals surface area contributed by atoms with Crippen molar-refractivity contribution in [1.82, 2.24) is 0 Å². The molecule has 124 valence electrons. The van der Waals surface area contributed by atoms with Crippen LogP contribution < -0.4 is 9.64 Å². The second-order valence-electron chi connectivity index (χ2n) is 6.29. The van der Waals surface area contributed by atoms with Crippen molar-refractivity contribution in [3.05, 3.63) is 54.1 Å². The average Bonchev–Trinajstić information content (AvgIpc) is 2.73. The van der Waals surface area contributed by atoms with Crippen LogP contribution in [0.2, 0.25) is 0 Å². The molecule has 2 aliphatic rings. The summed E-state index contributed by atoms with van der Waals surface area (Å²) in [5, 5.41) is -0.187. The molecule has 3 nitrogen and oxygen atoms in total. The van der Waals surface area contributed by atoms with E-state index in [1.807, 2.05) is 59.1 Å². The SMILES string of the molecule is COc1ccc([C@]23C[C@@H](C)Sc4ccccc4N2C(=O)[C@H]3Cl)cc1. The minimum absolute atomic E-state index is 0.0189. The quantitative estimate of drug-likeness (QED) is 0.587. The molecule has 0 radical (unpaired) electrons. The molecule has 0 spiro atoms. The Hall–Kier alpha value is -1.65. The number of halogens is 1. The first-order valence-electron chi connectivity index (χ1n) is 7.96. The van der Waals surface area contributed by atoms with Crippen molar-refractivity contribution in [3.8, 4) is 5.75 Å². The Morgan fingerprint density at radius 2 is 1.92 bits per heavy atom. The number of carbonyl (C=O) groups excluding carboxylic acids is 1. The number of thioether (sulfide) groups is 1. The first-order chi connectivity index (χ1) is 11.6. The van der Waals surface area contributed by atoms with E-state index in [1.165, 1.54) is 0 Å². The van der Waals surface area contributed by atoms with Crippen molar-refractivity contribution < 1.29 is 9.53 Å². The topological polar surface area (TPSA) is 29.5 Å². The summed E-state index contributed by atoms with van der Waals surface area (Å²) in [5.74, 6) is 0.782. The molecule has 2 aliphatic heterocycles. The van der Waals surface area contributed by atoms with Crippen molar-refractivity contribution in [3.63, 3.8) is 0 Å². The Bertz CT molecular complexity index is 794. The number of hydrogen-bond acceptors (Lipinski definition) is 3. The molecule has 0 saturated carbocycles. The van der Waals surface area contributed by atoms with Crippen LogP contribution in [0.25, 0.3) is 0 Å². The highest BCUT2D eigenvalue weighted by molar-refractivity contribution is 8.00. The van der Waals surface area contributed by atoms with Crippen LogP contribution in [-0.2, 0) is 10.3 Å². The van der Waals surface area contributed by atoms with Gasteiger partial charge in [0.1, 0.15) is 11.1 Å². The first-order valence-corrected chi connectivity index (χ1v) is 9.28. The van der Waals surface area contributed by atoms with Gasteiger partial charge in [0.15, 0.2) is 0 Å². The largest absolute Gasteiger partial charge is 0.497 e. The van der Waals surface area contributed by atoms with Gasteiger partial charge in [0.05, 0.1) is 18.3 Å². The summed E-state index contributed by atoms with van der Waals surface area (Å²) in [4.78, 5) is 15.7. The van der Waals surface area contributed by atoms with E-state index in [-0.39, 0.29) is 5.91 Å². The second kappa shape index (κ2) is 5.71. The fraction of sp³-hybridized carbons (Fsp3) is 0.316. The third-order valence-electron chi connectivity index (χ3n) is 4.88. The molecule has 24 heavy (non-hydrogen) atoms. The Morgan fingerprint density at radius 1 is 1.21 bits per heavy atom. The van der Waals surface area contributed by atoms with Crippen LogP contribution in [0, 0.1) is 0 Å². The molecule has 1 amide bonds. The number of methoxy groups -OCH3 is 1. The predicted molar refractivity (Wildman–Crippen MR) is 98.2 cm³/mol. The van der Waals surface area contributed by atoms with E-state index >= 15 is 0 Å². The number of amides is 1. The zero-order valence-corrected chi connectivity index (χ0v) is 15.1. The monoisotopic (exact) mass is 359 g/mol. The molecule has 0 N–H and O–H groups in total. The molecule has 4 rings (SSSR count). The molecule has 1 saturated heterocycles. The van der Waals surface area contributed by atoms with Gasteiger partial charge in [-0.1, -0.05) is 31.2 Å². The minimum Gasteiger partial charge on any atom is -0.497 e. The number of carbonyl (C=O) groups is 1. The summed E-state index contributed by atoms with van der Waals surface area (Å²) in [7, 11) is 1.65. The van der Waals surface area contributed by atoms with Crippen LogP contribution in [0.1, 0.15) is 18.9 Å². The van der Waals surface area contributed by atoms with E-state index in [4.69, 9.17) is 16.3 Å². The molecule has 2 aromatic carbocycles. The lowest BCUT2D eigenvalue weighted by Crippen LogP contribution is -2.71. The van der Waals surface area contributed by atoms with Crippen LogP contribution in [0.4, 0.5) is 5.69 Å². The highest BCUT2D eigenvalue weighted by Crippen LogP contribution is 2.56. The van der Waals surface area contributed by atoms with Crippen LogP contribution in [0.15, 0.2) is 53.4 Å². The van der Waals surface area contributed by atoms with Gasteiger partial charge in [-0.25, -0.2) is 0 Å². The van der Waals surface area contributed by atoms with Crippen molar-refractivity contribution in [2.24, 2.45) is 0 Å². The van der Waals surface area contributed by atoms with Crippen molar-refractivity contribution in [1.29, 1.82) is 0 Å². The lowest BCUT2D eigenvalue weighted by Gasteiger charge is -2.55.